The lowest BCUT2D eigenvalue weighted by molar-refractivity contribution is -0.173. The molecule has 3 heterocycles. The van der Waals surface area contributed by atoms with Gasteiger partial charge in [-0.3, -0.25) is 24.1 Å². The van der Waals surface area contributed by atoms with Crippen molar-refractivity contribution in [3.8, 4) is 5.75 Å². The molecule has 216 valence electrons. The van der Waals surface area contributed by atoms with Gasteiger partial charge in [-0.05, 0) is 36.1 Å². The summed E-state index contributed by atoms with van der Waals surface area (Å²) >= 11 is 8.34. The van der Waals surface area contributed by atoms with E-state index >= 15 is 0 Å². The van der Waals surface area contributed by atoms with Crippen molar-refractivity contribution in [1.29, 1.82) is 0 Å². The number of pyridine rings is 1. The number of carbonyl (C=O) groups is 2. The number of halogens is 4. The minimum Gasteiger partial charge on any atom is -0.420 e. The van der Waals surface area contributed by atoms with Crippen LogP contribution in [0.1, 0.15) is 60.4 Å². The molecule has 0 N–H and O–H groups in total. The van der Waals surface area contributed by atoms with Crippen LogP contribution in [0.2, 0.25) is 5.02 Å². The summed E-state index contributed by atoms with van der Waals surface area (Å²) in [5.41, 5.74) is 1.06. The maximum absolute atomic E-state index is 14.1. The monoisotopic (exact) mass is 605 g/mol. The van der Waals surface area contributed by atoms with Crippen LogP contribution in [-0.4, -0.2) is 40.3 Å². The smallest absolute Gasteiger partial charge is 0.408 e. The molecule has 1 amide bonds. The largest absolute Gasteiger partial charge is 0.420 e. The molecule has 5 rings (SSSR count). The molecule has 0 aliphatic carbocycles. The standard InChI is InChI=1S/C29H27ClF3N3O4S/c1-16(2)13-23(38)40-27-21(37)11-12-35-26(27)28(39)34(17(3)29(31,32)33)15-36(35)25-19-8-4-5-10-22(19)41-14-18-7-6-9-20(30)24(18)25/h4-12,16-17,25H,13-15H2,1-3H3/t17-,25-/m1/s1. The number of amides is 1. The molecule has 3 aromatic rings. The van der Waals surface area contributed by atoms with E-state index in [0.29, 0.717) is 21.2 Å². The summed E-state index contributed by atoms with van der Waals surface area (Å²) in [6, 6.07) is 11.1. The first-order valence-corrected chi connectivity index (χ1v) is 14.3. The number of fused-ring (bicyclic) bond motifs is 3. The molecule has 0 spiro atoms. The normalized spacial score (nSPS) is 17.5. The number of alkyl halides is 3. The third-order valence-electron chi connectivity index (χ3n) is 7.12. The molecule has 0 saturated heterocycles. The van der Waals surface area contributed by atoms with Crippen LogP contribution in [0.25, 0.3) is 0 Å². The van der Waals surface area contributed by atoms with Gasteiger partial charge in [-0.15, -0.1) is 11.8 Å². The van der Waals surface area contributed by atoms with Crippen molar-refractivity contribution in [2.75, 3.05) is 11.7 Å². The second-order valence-electron chi connectivity index (χ2n) is 10.4. The third-order valence-corrected chi connectivity index (χ3v) is 8.58. The van der Waals surface area contributed by atoms with Crippen LogP contribution in [0.5, 0.6) is 5.75 Å². The van der Waals surface area contributed by atoms with Crippen molar-refractivity contribution in [2.45, 2.75) is 56.1 Å². The van der Waals surface area contributed by atoms with Gasteiger partial charge in [0.25, 0.3) is 5.91 Å². The molecule has 2 aliphatic heterocycles. The van der Waals surface area contributed by atoms with E-state index < -0.39 is 53.7 Å². The van der Waals surface area contributed by atoms with Gasteiger partial charge in [0.1, 0.15) is 18.8 Å². The van der Waals surface area contributed by atoms with Crippen LogP contribution in [0.4, 0.5) is 13.2 Å². The Hall–Kier alpha value is -3.44. The van der Waals surface area contributed by atoms with Crippen LogP contribution in [0.15, 0.2) is 64.4 Å². The van der Waals surface area contributed by atoms with E-state index in [2.05, 4.69) is 0 Å². The van der Waals surface area contributed by atoms with Gasteiger partial charge >= 0.3 is 12.1 Å². The van der Waals surface area contributed by atoms with E-state index in [1.807, 2.05) is 36.4 Å². The summed E-state index contributed by atoms with van der Waals surface area (Å²) in [5.74, 6) is -2.00. The van der Waals surface area contributed by atoms with Gasteiger partial charge in [0.15, 0.2) is 5.69 Å². The van der Waals surface area contributed by atoms with E-state index in [1.54, 1.807) is 36.7 Å². The van der Waals surface area contributed by atoms with Crippen molar-refractivity contribution < 1.29 is 27.5 Å². The molecule has 0 saturated carbocycles. The number of ether oxygens (including phenoxy) is 1. The van der Waals surface area contributed by atoms with Crippen molar-refractivity contribution in [3.05, 3.63) is 92.4 Å². The first kappa shape index (κ1) is 29.1. The van der Waals surface area contributed by atoms with Gasteiger partial charge in [0.2, 0.25) is 11.2 Å². The topological polar surface area (TPSA) is 71.8 Å². The van der Waals surface area contributed by atoms with Gasteiger partial charge in [-0.25, -0.2) is 0 Å². The van der Waals surface area contributed by atoms with Crippen LogP contribution in [-0.2, 0) is 10.5 Å². The Morgan fingerprint density at radius 2 is 1.83 bits per heavy atom. The van der Waals surface area contributed by atoms with Crippen molar-refractivity contribution in [2.24, 2.45) is 5.92 Å². The van der Waals surface area contributed by atoms with Crippen LogP contribution < -0.4 is 15.2 Å². The molecular formula is C29H27ClF3N3O4S. The number of carbonyl (C=O) groups excluding carboxylic acids is 2. The Labute approximate surface area is 243 Å². The predicted octanol–water partition coefficient (Wildman–Crippen LogP) is 6.15. The molecule has 0 fully saturated rings. The quantitative estimate of drug-likeness (QED) is 0.325. The van der Waals surface area contributed by atoms with Gasteiger partial charge in [-0.1, -0.05) is 55.8 Å². The Morgan fingerprint density at radius 3 is 2.54 bits per heavy atom. The number of hydrogen-bond donors (Lipinski definition) is 0. The summed E-state index contributed by atoms with van der Waals surface area (Å²) in [5, 5.41) is 1.97. The van der Waals surface area contributed by atoms with Crippen molar-refractivity contribution >= 4 is 35.2 Å². The molecule has 2 aliphatic rings. The average molecular weight is 606 g/mol. The summed E-state index contributed by atoms with van der Waals surface area (Å²) in [4.78, 5) is 40.9. The SMILES string of the molecule is CC(C)CC(=O)Oc1c2n(ccc1=O)N([C@@H]1c3ccccc3SCc3cccc(Cl)c31)CN([C@H](C)C(F)(F)F)C2=O. The molecule has 2 aromatic carbocycles. The van der Waals surface area contributed by atoms with Gasteiger partial charge in [0.05, 0.1) is 0 Å². The van der Waals surface area contributed by atoms with Crippen LogP contribution in [0, 0.1) is 5.92 Å². The zero-order chi connectivity index (χ0) is 29.6. The van der Waals surface area contributed by atoms with E-state index in [9.17, 15) is 27.6 Å². The van der Waals surface area contributed by atoms with Crippen molar-refractivity contribution in [1.82, 2.24) is 9.58 Å². The number of thioether (sulfide) groups is 1. The van der Waals surface area contributed by atoms with Crippen LogP contribution in [0.3, 0.4) is 0 Å². The molecule has 0 bridgehead atoms. The maximum Gasteiger partial charge on any atom is 0.408 e. The minimum atomic E-state index is -4.76. The first-order valence-electron chi connectivity index (χ1n) is 13.0. The zero-order valence-corrected chi connectivity index (χ0v) is 24.0. The van der Waals surface area contributed by atoms with E-state index in [-0.39, 0.29) is 12.3 Å². The fraction of sp³-hybridized carbons (Fsp3) is 0.345. The maximum atomic E-state index is 14.1. The number of benzene rings is 2. The highest BCUT2D eigenvalue weighted by molar-refractivity contribution is 7.98. The van der Waals surface area contributed by atoms with Gasteiger partial charge in [-0.2, -0.15) is 13.2 Å². The molecule has 0 unspecified atom stereocenters. The highest BCUT2D eigenvalue weighted by Crippen LogP contribution is 2.45. The molecule has 0 radical (unpaired) electrons. The lowest BCUT2D eigenvalue weighted by atomic mass is 9.94. The lowest BCUT2D eigenvalue weighted by Crippen LogP contribution is -2.60. The predicted molar refractivity (Wildman–Crippen MR) is 150 cm³/mol. The van der Waals surface area contributed by atoms with Crippen molar-refractivity contribution in [3.63, 3.8) is 0 Å². The fourth-order valence-corrected chi connectivity index (χ4v) is 6.47. The van der Waals surface area contributed by atoms with Crippen LogP contribution >= 0.6 is 23.4 Å². The summed E-state index contributed by atoms with van der Waals surface area (Å²) in [6.45, 7) is 3.95. The lowest BCUT2D eigenvalue weighted by Gasteiger charge is -2.46. The molecule has 2 atom stereocenters. The molecule has 7 nitrogen and oxygen atoms in total. The summed E-state index contributed by atoms with van der Waals surface area (Å²) in [7, 11) is 0. The molecule has 1 aromatic heterocycles. The second kappa shape index (κ2) is 11.1. The van der Waals surface area contributed by atoms with E-state index in [1.165, 1.54) is 10.9 Å². The number of rotatable bonds is 5. The Morgan fingerprint density at radius 1 is 1.10 bits per heavy atom. The molecular weight excluding hydrogens is 579 g/mol. The Bertz CT molecular complexity index is 1580. The number of aromatic nitrogens is 1. The molecule has 41 heavy (non-hydrogen) atoms. The van der Waals surface area contributed by atoms with Gasteiger partial charge in [0, 0.05) is 39.9 Å². The summed E-state index contributed by atoms with van der Waals surface area (Å²) in [6.07, 6.45) is -3.49. The highest BCUT2D eigenvalue weighted by Gasteiger charge is 2.48. The minimum absolute atomic E-state index is 0.0510. The molecule has 12 heteroatoms. The third kappa shape index (κ3) is 5.44. The zero-order valence-electron chi connectivity index (χ0n) is 22.4. The average Bonchev–Trinajstić information content (AvgIpc) is 3.07. The second-order valence-corrected chi connectivity index (χ2v) is 11.8. The first-order chi connectivity index (χ1) is 19.4. The Kier molecular flexibility index (Phi) is 7.86. The summed E-state index contributed by atoms with van der Waals surface area (Å²) < 4.78 is 49.0. The van der Waals surface area contributed by atoms with E-state index in [4.69, 9.17) is 16.3 Å². The highest BCUT2D eigenvalue weighted by atomic mass is 35.5. The number of hydrogen-bond acceptors (Lipinski definition) is 6. The fourth-order valence-electron chi connectivity index (χ4n) is 5.08. The van der Waals surface area contributed by atoms with Gasteiger partial charge < -0.3 is 9.64 Å². The number of esters is 1. The Balaban J connectivity index is 1.78. The number of nitrogens with zero attached hydrogens (tertiary/aromatic N) is 3. The van der Waals surface area contributed by atoms with E-state index in [0.717, 1.165) is 29.0 Å².